The van der Waals surface area contributed by atoms with Crippen LogP contribution < -0.4 is 11.1 Å². The van der Waals surface area contributed by atoms with Gasteiger partial charge in [-0.3, -0.25) is 4.79 Å². The molecular formula is C15H18N4O. The number of imidazole rings is 1. The van der Waals surface area contributed by atoms with Gasteiger partial charge in [0.25, 0.3) is 0 Å². The number of nitrogens with one attached hydrogen (secondary N) is 1. The number of nitrogen functional groups attached to an aromatic ring is 1. The number of rotatable bonds is 2. The number of nitrogens with zero attached hydrogens (tertiary/aromatic N) is 2. The van der Waals surface area contributed by atoms with Crippen LogP contribution in [0.1, 0.15) is 43.5 Å². The van der Waals surface area contributed by atoms with Gasteiger partial charge in [0.05, 0.1) is 11.0 Å². The molecule has 2 fully saturated rings. The van der Waals surface area contributed by atoms with Crippen molar-refractivity contribution in [3.63, 3.8) is 0 Å². The molecule has 1 aliphatic heterocycles. The van der Waals surface area contributed by atoms with E-state index in [0.717, 1.165) is 41.9 Å². The van der Waals surface area contributed by atoms with Gasteiger partial charge in [-0.15, -0.1) is 0 Å². The monoisotopic (exact) mass is 270 g/mol. The third-order valence-corrected chi connectivity index (χ3v) is 4.25. The van der Waals surface area contributed by atoms with Crippen LogP contribution in [0.3, 0.4) is 0 Å². The van der Waals surface area contributed by atoms with Gasteiger partial charge in [0.1, 0.15) is 11.9 Å². The molecule has 0 spiro atoms. The second-order valence-electron chi connectivity index (χ2n) is 5.81. The van der Waals surface area contributed by atoms with Crippen LogP contribution in [0.15, 0.2) is 18.2 Å². The Morgan fingerprint density at radius 1 is 1.30 bits per heavy atom. The highest BCUT2D eigenvalue weighted by Gasteiger charge is 2.34. The molecule has 5 heteroatoms. The highest BCUT2D eigenvalue weighted by Crippen LogP contribution is 2.42. The van der Waals surface area contributed by atoms with Crippen molar-refractivity contribution in [2.75, 3.05) is 12.3 Å². The van der Waals surface area contributed by atoms with E-state index >= 15 is 0 Å². The third kappa shape index (κ3) is 1.77. The molecule has 2 aliphatic rings. The van der Waals surface area contributed by atoms with Gasteiger partial charge in [0.2, 0.25) is 5.91 Å². The van der Waals surface area contributed by atoms with Crippen LogP contribution in [0.25, 0.3) is 11.0 Å². The van der Waals surface area contributed by atoms with Gasteiger partial charge in [-0.1, -0.05) is 0 Å². The largest absolute Gasteiger partial charge is 0.399 e. The maximum absolute atomic E-state index is 12.2. The lowest BCUT2D eigenvalue weighted by atomic mass is 10.1. The van der Waals surface area contributed by atoms with E-state index in [1.54, 1.807) is 0 Å². The fraction of sp³-hybridized carbons (Fsp3) is 0.467. The van der Waals surface area contributed by atoms with Crippen molar-refractivity contribution in [2.45, 2.75) is 37.6 Å². The Balaban J connectivity index is 1.90. The molecule has 4 rings (SSSR count). The average molecular weight is 270 g/mol. The maximum atomic E-state index is 12.2. The molecule has 1 aliphatic carbocycles. The van der Waals surface area contributed by atoms with Crippen molar-refractivity contribution in [3.05, 3.63) is 24.0 Å². The van der Waals surface area contributed by atoms with Crippen LogP contribution in [-0.4, -0.2) is 22.0 Å². The molecule has 1 saturated heterocycles. The first-order valence-electron chi connectivity index (χ1n) is 7.29. The van der Waals surface area contributed by atoms with E-state index in [0.29, 0.717) is 5.92 Å². The first-order chi connectivity index (χ1) is 9.74. The molecule has 0 radical (unpaired) electrons. The van der Waals surface area contributed by atoms with Gasteiger partial charge < -0.3 is 15.6 Å². The van der Waals surface area contributed by atoms with Gasteiger partial charge in [0.15, 0.2) is 0 Å². The summed E-state index contributed by atoms with van der Waals surface area (Å²) < 4.78 is 2.15. The van der Waals surface area contributed by atoms with Crippen LogP contribution in [0.5, 0.6) is 0 Å². The summed E-state index contributed by atoms with van der Waals surface area (Å²) in [5.41, 5.74) is 8.51. The molecule has 1 saturated carbocycles. The molecule has 1 amide bonds. The fourth-order valence-corrected chi connectivity index (χ4v) is 3.09. The SMILES string of the molecule is Nc1ccc2c(c1)nc(C1CC1)n2C1CCCNC1=O. The summed E-state index contributed by atoms with van der Waals surface area (Å²) in [5, 5.41) is 2.97. The lowest BCUT2D eigenvalue weighted by molar-refractivity contribution is -0.125. The van der Waals surface area contributed by atoms with E-state index in [4.69, 9.17) is 10.7 Å². The molecule has 2 aromatic rings. The second-order valence-corrected chi connectivity index (χ2v) is 5.81. The summed E-state index contributed by atoms with van der Waals surface area (Å²) in [5.74, 6) is 1.69. The molecule has 3 N–H and O–H groups in total. The summed E-state index contributed by atoms with van der Waals surface area (Å²) in [4.78, 5) is 17.0. The van der Waals surface area contributed by atoms with Gasteiger partial charge in [-0.25, -0.2) is 4.98 Å². The lowest BCUT2D eigenvalue weighted by Crippen LogP contribution is -2.38. The zero-order valence-corrected chi connectivity index (χ0v) is 11.3. The van der Waals surface area contributed by atoms with Crippen LogP contribution in [0.4, 0.5) is 5.69 Å². The molecule has 1 unspecified atom stereocenters. The molecule has 5 nitrogen and oxygen atoms in total. The standard InChI is InChI=1S/C15H18N4O/c16-10-5-6-12-11(8-10)18-14(9-3-4-9)19(12)13-2-1-7-17-15(13)20/h5-6,8-9,13H,1-4,7,16H2,(H,17,20). The van der Waals surface area contributed by atoms with E-state index in [-0.39, 0.29) is 11.9 Å². The highest BCUT2D eigenvalue weighted by atomic mass is 16.2. The van der Waals surface area contributed by atoms with E-state index in [9.17, 15) is 4.79 Å². The van der Waals surface area contributed by atoms with Crippen molar-refractivity contribution in [1.29, 1.82) is 0 Å². The van der Waals surface area contributed by atoms with E-state index < -0.39 is 0 Å². The number of hydrogen-bond acceptors (Lipinski definition) is 3. The average Bonchev–Trinajstić information content (AvgIpc) is 3.21. The molecule has 20 heavy (non-hydrogen) atoms. The summed E-state index contributed by atoms with van der Waals surface area (Å²) >= 11 is 0. The fourth-order valence-electron chi connectivity index (χ4n) is 3.09. The number of aromatic nitrogens is 2. The number of carbonyl (C=O) groups is 1. The van der Waals surface area contributed by atoms with Crippen LogP contribution in [0.2, 0.25) is 0 Å². The Morgan fingerprint density at radius 3 is 2.90 bits per heavy atom. The Labute approximate surface area is 117 Å². The molecule has 1 aromatic carbocycles. The van der Waals surface area contributed by atoms with Gasteiger partial charge in [-0.05, 0) is 43.9 Å². The van der Waals surface area contributed by atoms with Crippen molar-refractivity contribution >= 4 is 22.6 Å². The number of nitrogens with two attached hydrogens (primary N) is 1. The Morgan fingerprint density at radius 2 is 2.15 bits per heavy atom. The minimum absolute atomic E-state index is 0.118. The zero-order valence-electron chi connectivity index (χ0n) is 11.3. The number of piperidine rings is 1. The van der Waals surface area contributed by atoms with E-state index in [1.165, 1.54) is 12.8 Å². The topological polar surface area (TPSA) is 72.9 Å². The quantitative estimate of drug-likeness (QED) is 0.819. The number of anilines is 1. The van der Waals surface area contributed by atoms with E-state index in [1.807, 2.05) is 18.2 Å². The summed E-state index contributed by atoms with van der Waals surface area (Å²) in [6.07, 6.45) is 4.26. The van der Waals surface area contributed by atoms with Crippen molar-refractivity contribution in [1.82, 2.24) is 14.9 Å². The highest BCUT2D eigenvalue weighted by molar-refractivity contribution is 5.86. The van der Waals surface area contributed by atoms with E-state index in [2.05, 4.69) is 9.88 Å². The molecule has 2 heterocycles. The van der Waals surface area contributed by atoms with Gasteiger partial charge in [0, 0.05) is 18.2 Å². The van der Waals surface area contributed by atoms with Crippen molar-refractivity contribution in [3.8, 4) is 0 Å². The Hall–Kier alpha value is -2.04. The minimum atomic E-state index is -0.118. The minimum Gasteiger partial charge on any atom is -0.399 e. The number of fused-ring (bicyclic) bond motifs is 1. The summed E-state index contributed by atoms with van der Waals surface area (Å²) in [6, 6.07) is 5.66. The molecule has 0 bridgehead atoms. The normalized spacial score (nSPS) is 23.0. The third-order valence-electron chi connectivity index (χ3n) is 4.25. The predicted molar refractivity (Wildman–Crippen MR) is 77.4 cm³/mol. The predicted octanol–water partition coefficient (Wildman–Crippen LogP) is 1.95. The zero-order chi connectivity index (χ0) is 13.7. The molecule has 1 atom stereocenters. The number of amides is 1. The summed E-state index contributed by atoms with van der Waals surface area (Å²) in [7, 11) is 0. The molecule has 104 valence electrons. The number of hydrogen-bond donors (Lipinski definition) is 2. The van der Waals surface area contributed by atoms with Crippen molar-refractivity contribution in [2.24, 2.45) is 0 Å². The van der Waals surface area contributed by atoms with Crippen LogP contribution in [0, 0.1) is 0 Å². The first-order valence-corrected chi connectivity index (χ1v) is 7.29. The van der Waals surface area contributed by atoms with Gasteiger partial charge >= 0.3 is 0 Å². The molecule has 1 aromatic heterocycles. The maximum Gasteiger partial charge on any atom is 0.243 e. The lowest BCUT2D eigenvalue weighted by Gasteiger charge is -2.25. The molecular weight excluding hydrogens is 252 g/mol. The number of benzene rings is 1. The number of carbonyl (C=O) groups excluding carboxylic acids is 1. The Kier molecular flexibility index (Phi) is 2.49. The van der Waals surface area contributed by atoms with Crippen LogP contribution >= 0.6 is 0 Å². The first kappa shape index (κ1) is 11.8. The Bertz CT molecular complexity index is 686. The van der Waals surface area contributed by atoms with Gasteiger partial charge in [-0.2, -0.15) is 0 Å². The summed E-state index contributed by atoms with van der Waals surface area (Å²) in [6.45, 7) is 0.785. The van der Waals surface area contributed by atoms with Crippen LogP contribution in [-0.2, 0) is 4.79 Å². The second kappa shape index (κ2) is 4.23. The van der Waals surface area contributed by atoms with Crippen molar-refractivity contribution < 1.29 is 4.79 Å². The smallest absolute Gasteiger partial charge is 0.243 e.